The maximum Gasteiger partial charge on any atom is 0.319 e. The number of aliphatic hydroxyl groups excluding tert-OH is 1. The summed E-state index contributed by atoms with van der Waals surface area (Å²) in [5.74, 6) is -2.85. The molecule has 1 aliphatic rings. The first-order valence-electron chi connectivity index (χ1n) is 4.88. The van der Waals surface area contributed by atoms with Crippen molar-refractivity contribution in [3.05, 3.63) is 0 Å². The highest BCUT2D eigenvalue weighted by Crippen LogP contribution is 2.41. The highest BCUT2D eigenvalue weighted by atomic mass is 16.5. The maximum absolute atomic E-state index is 11.4. The molecule has 86 valence electrons. The van der Waals surface area contributed by atoms with E-state index in [0.717, 1.165) is 6.42 Å². The maximum atomic E-state index is 11.4. The number of carboxylic acids is 1. The van der Waals surface area contributed by atoms with Crippen LogP contribution in [0.4, 0.5) is 0 Å². The number of rotatable bonds is 3. The van der Waals surface area contributed by atoms with E-state index < -0.39 is 23.2 Å². The summed E-state index contributed by atoms with van der Waals surface area (Å²) in [4.78, 5) is 22.6. The quantitative estimate of drug-likeness (QED) is 0.296. The van der Waals surface area contributed by atoms with Gasteiger partial charge in [-0.05, 0) is 12.8 Å². The van der Waals surface area contributed by atoms with Gasteiger partial charge in [-0.25, -0.2) is 5.48 Å². The van der Waals surface area contributed by atoms with Crippen LogP contribution in [0.25, 0.3) is 0 Å². The Balaban J connectivity index is 3.05. The van der Waals surface area contributed by atoms with Crippen LogP contribution in [-0.2, 0) is 9.59 Å². The summed E-state index contributed by atoms with van der Waals surface area (Å²) < 4.78 is 0. The molecule has 1 aliphatic carbocycles. The van der Waals surface area contributed by atoms with Crippen LogP contribution in [0.3, 0.4) is 0 Å². The average molecular weight is 217 g/mol. The average Bonchev–Trinajstić information content (AvgIpc) is 2.27. The summed E-state index contributed by atoms with van der Waals surface area (Å²) in [7, 11) is 0. The molecule has 0 aromatic rings. The van der Waals surface area contributed by atoms with Crippen molar-refractivity contribution in [1.82, 2.24) is 5.48 Å². The molecule has 4 N–H and O–H groups in total. The van der Waals surface area contributed by atoms with Crippen molar-refractivity contribution in [2.75, 3.05) is 6.61 Å². The monoisotopic (exact) mass is 217 g/mol. The predicted octanol–water partition coefficient (Wildman–Crippen LogP) is -0.255. The van der Waals surface area contributed by atoms with Crippen LogP contribution in [0.5, 0.6) is 0 Å². The topological polar surface area (TPSA) is 107 Å². The Morgan fingerprint density at radius 1 is 1.40 bits per heavy atom. The Labute approximate surface area is 86.9 Å². The number of aliphatic hydroxyl groups is 1. The second kappa shape index (κ2) is 4.59. The Hall–Kier alpha value is -1.14. The second-order valence-electron chi connectivity index (χ2n) is 3.84. The van der Waals surface area contributed by atoms with Gasteiger partial charge in [0.25, 0.3) is 5.91 Å². The molecule has 0 radical (unpaired) electrons. The summed E-state index contributed by atoms with van der Waals surface area (Å²) in [5, 5.41) is 26.8. The summed E-state index contributed by atoms with van der Waals surface area (Å²) in [6, 6.07) is 0. The standard InChI is InChI=1S/C9H15NO5/c11-5-6-3-1-2-4-9(6,8(13)14)7(12)10-15/h6,11,15H,1-5H2,(H,10,12)(H,13,14)/t6-,9-/m0/s1. The van der Waals surface area contributed by atoms with Crippen LogP contribution in [-0.4, -0.2) is 33.9 Å². The number of amides is 1. The number of hydrogen-bond acceptors (Lipinski definition) is 4. The number of carbonyl (C=O) groups excluding carboxylic acids is 1. The molecule has 0 aromatic carbocycles. The van der Waals surface area contributed by atoms with Gasteiger partial charge in [-0.1, -0.05) is 12.8 Å². The first-order valence-corrected chi connectivity index (χ1v) is 4.88. The Morgan fingerprint density at radius 2 is 2.07 bits per heavy atom. The molecule has 1 fully saturated rings. The van der Waals surface area contributed by atoms with Gasteiger partial charge in [0.2, 0.25) is 0 Å². The van der Waals surface area contributed by atoms with Gasteiger partial charge in [0.05, 0.1) is 0 Å². The van der Waals surface area contributed by atoms with Crippen LogP contribution in [0.2, 0.25) is 0 Å². The third-order valence-electron chi connectivity index (χ3n) is 3.18. The molecule has 6 heteroatoms. The molecule has 0 bridgehead atoms. The second-order valence-corrected chi connectivity index (χ2v) is 3.84. The van der Waals surface area contributed by atoms with E-state index in [1.54, 1.807) is 0 Å². The molecule has 0 aliphatic heterocycles. The van der Waals surface area contributed by atoms with E-state index in [4.69, 9.17) is 15.4 Å². The first kappa shape index (κ1) is 11.9. The van der Waals surface area contributed by atoms with Crippen LogP contribution in [0.1, 0.15) is 25.7 Å². The number of aliphatic carboxylic acids is 1. The fourth-order valence-corrected chi connectivity index (χ4v) is 2.27. The molecule has 0 spiro atoms. The lowest BCUT2D eigenvalue weighted by molar-refractivity contribution is -0.168. The number of carbonyl (C=O) groups is 2. The molecule has 2 atom stereocenters. The highest BCUT2D eigenvalue weighted by molar-refractivity contribution is 6.01. The third kappa shape index (κ3) is 1.82. The minimum Gasteiger partial charge on any atom is -0.480 e. The van der Waals surface area contributed by atoms with Crippen molar-refractivity contribution >= 4 is 11.9 Å². The fraction of sp³-hybridized carbons (Fsp3) is 0.778. The lowest BCUT2D eigenvalue weighted by atomic mass is 9.66. The van der Waals surface area contributed by atoms with Crippen molar-refractivity contribution in [3.8, 4) is 0 Å². The summed E-state index contributed by atoms with van der Waals surface area (Å²) in [6.07, 6.45) is 2.03. The minimum atomic E-state index is -1.68. The number of hydrogen-bond donors (Lipinski definition) is 4. The summed E-state index contributed by atoms with van der Waals surface area (Å²) in [5.41, 5.74) is -0.289. The Bertz CT molecular complexity index is 267. The van der Waals surface area contributed by atoms with Crippen molar-refractivity contribution < 1.29 is 25.0 Å². The SMILES string of the molecule is O=C(O)[C@@]1(C(=O)NO)CCCC[C@H]1CO. The third-order valence-corrected chi connectivity index (χ3v) is 3.18. The zero-order valence-electron chi connectivity index (χ0n) is 8.27. The van der Waals surface area contributed by atoms with Gasteiger partial charge in [-0.15, -0.1) is 0 Å². The lowest BCUT2D eigenvalue weighted by Crippen LogP contribution is -2.53. The molecular weight excluding hydrogens is 202 g/mol. The van der Waals surface area contributed by atoms with E-state index in [1.165, 1.54) is 5.48 Å². The molecule has 1 rings (SSSR count). The van der Waals surface area contributed by atoms with Crippen LogP contribution in [0.15, 0.2) is 0 Å². The van der Waals surface area contributed by atoms with Crippen LogP contribution in [0, 0.1) is 11.3 Å². The minimum absolute atomic E-state index is 0.153. The van der Waals surface area contributed by atoms with Crippen LogP contribution >= 0.6 is 0 Å². The molecule has 0 heterocycles. The van der Waals surface area contributed by atoms with Gasteiger partial charge in [-0.3, -0.25) is 14.8 Å². The molecule has 1 amide bonds. The first-order chi connectivity index (χ1) is 7.09. The van der Waals surface area contributed by atoms with Crippen molar-refractivity contribution in [1.29, 1.82) is 0 Å². The van der Waals surface area contributed by atoms with Crippen molar-refractivity contribution in [3.63, 3.8) is 0 Å². The Morgan fingerprint density at radius 3 is 2.53 bits per heavy atom. The van der Waals surface area contributed by atoms with E-state index >= 15 is 0 Å². The predicted molar refractivity (Wildman–Crippen MR) is 49.0 cm³/mol. The van der Waals surface area contributed by atoms with Gasteiger partial charge in [-0.2, -0.15) is 0 Å². The van der Waals surface area contributed by atoms with Gasteiger partial charge in [0, 0.05) is 12.5 Å². The molecule has 6 nitrogen and oxygen atoms in total. The van der Waals surface area contributed by atoms with Gasteiger partial charge >= 0.3 is 5.97 Å². The summed E-state index contributed by atoms with van der Waals surface area (Å²) in [6.45, 7) is -0.361. The molecule has 1 saturated carbocycles. The van der Waals surface area contributed by atoms with Crippen LogP contribution < -0.4 is 5.48 Å². The van der Waals surface area contributed by atoms with Gasteiger partial charge in [0.15, 0.2) is 5.41 Å². The smallest absolute Gasteiger partial charge is 0.319 e. The lowest BCUT2D eigenvalue weighted by Gasteiger charge is -2.37. The molecule has 0 unspecified atom stereocenters. The van der Waals surface area contributed by atoms with E-state index in [0.29, 0.717) is 12.8 Å². The highest BCUT2D eigenvalue weighted by Gasteiger charge is 2.53. The summed E-state index contributed by atoms with van der Waals surface area (Å²) >= 11 is 0. The van der Waals surface area contributed by atoms with Gasteiger partial charge in [0.1, 0.15) is 0 Å². The largest absolute Gasteiger partial charge is 0.480 e. The molecular formula is C9H15NO5. The van der Waals surface area contributed by atoms with Crippen molar-refractivity contribution in [2.24, 2.45) is 11.3 Å². The molecule has 15 heavy (non-hydrogen) atoms. The van der Waals surface area contributed by atoms with E-state index in [1.807, 2.05) is 0 Å². The van der Waals surface area contributed by atoms with E-state index in [9.17, 15) is 9.59 Å². The normalized spacial score (nSPS) is 30.9. The number of carboxylic acid groups (broad SMARTS) is 1. The Kier molecular flexibility index (Phi) is 3.65. The molecule has 0 aromatic heterocycles. The van der Waals surface area contributed by atoms with Crippen molar-refractivity contribution in [2.45, 2.75) is 25.7 Å². The number of nitrogens with one attached hydrogen (secondary N) is 1. The van der Waals surface area contributed by atoms with E-state index in [-0.39, 0.29) is 13.0 Å². The molecule has 0 saturated heterocycles. The zero-order valence-corrected chi connectivity index (χ0v) is 8.27. The van der Waals surface area contributed by atoms with E-state index in [2.05, 4.69) is 0 Å². The fourth-order valence-electron chi connectivity index (χ4n) is 2.27. The zero-order chi connectivity index (χ0) is 11.5. The number of hydroxylamine groups is 1. The van der Waals surface area contributed by atoms with Gasteiger partial charge < -0.3 is 10.2 Å².